The van der Waals surface area contributed by atoms with Crippen LogP contribution < -0.4 is 5.32 Å². The first-order valence-electron chi connectivity index (χ1n) is 7.43. The van der Waals surface area contributed by atoms with E-state index in [1.54, 1.807) is 18.7 Å². The lowest BCUT2D eigenvalue weighted by atomic mass is 9.87. The Kier molecular flexibility index (Phi) is 6.75. The predicted molar refractivity (Wildman–Crippen MR) is 89.8 cm³/mol. The normalized spacial score (nSPS) is 13.3. The molecule has 0 aromatic heterocycles. The first-order valence-corrected chi connectivity index (χ1v) is 8.31. The summed E-state index contributed by atoms with van der Waals surface area (Å²) >= 11 is 1.70. The molecule has 1 aromatic rings. The van der Waals surface area contributed by atoms with Gasteiger partial charge in [-0.2, -0.15) is 0 Å². The van der Waals surface area contributed by atoms with Crippen LogP contribution in [0.25, 0.3) is 0 Å². The standard InChI is InChI=1S/C17H27NO2S/c1-12(2)21-15-9-7-6-8-14(15)16(20)18-11-17(4,5)10-13(3)19/h6-9,12-13,19H,10-11H2,1-5H3,(H,18,20). The average molecular weight is 309 g/mol. The van der Waals surface area contributed by atoms with Gasteiger partial charge in [-0.1, -0.05) is 39.8 Å². The lowest BCUT2D eigenvalue weighted by molar-refractivity contribution is 0.0899. The molecule has 1 atom stereocenters. The Bertz CT molecular complexity index is 470. The summed E-state index contributed by atoms with van der Waals surface area (Å²) in [6.45, 7) is 10.7. The molecule has 1 aromatic carbocycles. The highest BCUT2D eigenvalue weighted by Gasteiger charge is 2.22. The SMILES string of the molecule is CC(O)CC(C)(C)CNC(=O)c1ccccc1SC(C)C. The number of carbonyl (C=O) groups excluding carboxylic acids is 1. The van der Waals surface area contributed by atoms with E-state index in [-0.39, 0.29) is 17.4 Å². The molecule has 2 N–H and O–H groups in total. The summed E-state index contributed by atoms with van der Waals surface area (Å²) in [5.74, 6) is -0.0441. The molecule has 0 heterocycles. The van der Waals surface area contributed by atoms with Gasteiger partial charge < -0.3 is 10.4 Å². The van der Waals surface area contributed by atoms with Gasteiger partial charge in [-0.15, -0.1) is 11.8 Å². The minimum absolute atomic E-state index is 0.0441. The lowest BCUT2D eigenvalue weighted by Crippen LogP contribution is -2.35. The van der Waals surface area contributed by atoms with Gasteiger partial charge in [0.05, 0.1) is 11.7 Å². The number of aliphatic hydroxyl groups is 1. The topological polar surface area (TPSA) is 49.3 Å². The molecule has 4 heteroatoms. The van der Waals surface area contributed by atoms with Gasteiger partial charge in [0.2, 0.25) is 0 Å². The first-order chi connectivity index (χ1) is 9.71. The largest absolute Gasteiger partial charge is 0.393 e. The Morgan fingerprint density at radius 1 is 1.29 bits per heavy atom. The van der Waals surface area contributed by atoms with Gasteiger partial charge in [0, 0.05) is 16.7 Å². The van der Waals surface area contributed by atoms with E-state index in [2.05, 4.69) is 33.0 Å². The van der Waals surface area contributed by atoms with Crippen LogP contribution in [0, 0.1) is 5.41 Å². The van der Waals surface area contributed by atoms with Crippen molar-refractivity contribution >= 4 is 17.7 Å². The molecule has 0 aliphatic heterocycles. The van der Waals surface area contributed by atoms with Crippen LogP contribution in [0.5, 0.6) is 0 Å². The third kappa shape index (κ3) is 6.53. The van der Waals surface area contributed by atoms with E-state index in [0.29, 0.717) is 18.2 Å². The molecular weight excluding hydrogens is 282 g/mol. The highest BCUT2D eigenvalue weighted by atomic mass is 32.2. The Morgan fingerprint density at radius 2 is 1.90 bits per heavy atom. The van der Waals surface area contributed by atoms with E-state index in [4.69, 9.17) is 0 Å². The molecule has 0 radical (unpaired) electrons. The summed E-state index contributed by atoms with van der Waals surface area (Å²) in [5, 5.41) is 12.9. The van der Waals surface area contributed by atoms with Crippen molar-refractivity contribution < 1.29 is 9.90 Å². The predicted octanol–water partition coefficient (Wildman–Crippen LogP) is 3.71. The van der Waals surface area contributed by atoms with E-state index in [0.717, 1.165) is 10.5 Å². The molecule has 0 aliphatic rings. The zero-order chi connectivity index (χ0) is 16.0. The summed E-state index contributed by atoms with van der Waals surface area (Å²) in [6.07, 6.45) is 0.302. The summed E-state index contributed by atoms with van der Waals surface area (Å²) < 4.78 is 0. The summed E-state index contributed by atoms with van der Waals surface area (Å²) in [6, 6.07) is 7.70. The number of hydrogen-bond acceptors (Lipinski definition) is 3. The fraction of sp³-hybridized carbons (Fsp3) is 0.588. The van der Waals surface area contributed by atoms with Crippen LogP contribution in [-0.4, -0.2) is 28.9 Å². The lowest BCUT2D eigenvalue weighted by Gasteiger charge is -2.26. The molecule has 1 amide bonds. The number of amides is 1. The number of nitrogens with one attached hydrogen (secondary N) is 1. The smallest absolute Gasteiger partial charge is 0.252 e. The van der Waals surface area contributed by atoms with Crippen LogP contribution in [0.1, 0.15) is 51.4 Å². The molecule has 0 aliphatic carbocycles. The highest BCUT2D eigenvalue weighted by molar-refractivity contribution is 8.00. The van der Waals surface area contributed by atoms with Crippen molar-refractivity contribution in [1.29, 1.82) is 0 Å². The molecule has 1 unspecified atom stereocenters. The second-order valence-corrected chi connectivity index (χ2v) is 8.18. The molecule has 0 fully saturated rings. The number of aliphatic hydroxyl groups excluding tert-OH is 1. The van der Waals surface area contributed by atoms with E-state index < -0.39 is 0 Å². The van der Waals surface area contributed by atoms with Gasteiger partial charge >= 0.3 is 0 Å². The fourth-order valence-corrected chi connectivity index (χ4v) is 3.25. The second-order valence-electron chi connectivity index (χ2n) is 6.56. The molecule has 0 bridgehead atoms. The zero-order valence-electron chi connectivity index (χ0n) is 13.6. The average Bonchev–Trinajstić information content (AvgIpc) is 2.34. The van der Waals surface area contributed by atoms with Gasteiger partial charge in [-0.25, -0.2) is 0 Å². The molecule has 0 saturated carbocycles. The second kappa shape index (κ2) is 7.85. The van der Waals surface area contributed by atoms with Crippen molar-refractivity contribution in [1.82, 2.24) is 5.32 Å². The maximum absolute atomic E-state index is 12.4. The van der Waals surface area contributed by atoms with Gasteiger partial charge in [0.1, 0.15) is 0 Å². The Balaban J connectivity index is 2.72. The summed E-state index contributed by atoms with van der Waals surface area (Å²) in [7, 11) is 0. The number of thioether (sulfide) groups is 1. The van der Waals surface area contributed by atoms with Crippen LogP contribution in [0.15, 0.2) is 29.2 Å². The number of rotatable bonds is 7. The summed E-state index contributed by atoms with van der Waals surface area (Å²) in [4.78, 5) is 13.4. The fourth-order valence-electron chi connectivity index (χ4n) is 2.30. The van der Waals surface area contributed by atoms with Crippen LogP contribution in [0.4, 0.5) is 0 Å². The van der Waals surface area contributed by atoms with E-state index in [1.807, 2.05) is 24.3 Å². The van der Waals surface area contributed by atoms with Crippen LogP contribution in [0.2, 0.25) is 0 Å². The minimum atomic E-state index is -0.360. The molecule has 0 saturated heterocycles. The molecule has 21 heavy (non-hydrogen) atoms. The number of carbonyl (C=O) groups is 1. The maximum Gasteiger partial charge on any atom is 0.252 e. The van der Waals surface area contributed by atoms with Gasteiger partial charge in [-0.3, -0.25) is 4.79 Å². The Morgan fingerprint density at radius 3 is 2.48 bits per heavy atom. The van der Waals surface area contributed by atoms with Crippen molar-refractivity contribution in [2.45, 2.75) is 57.3 Å². The third-order valence-electron chi connectivity index (χ3n) is 3.07. The van der Waals surface area contributed by atoms with Crippen molar-refractivity contribution in [3.8, 4) is 0 Å². The van der Waals surface area contributed by atoms with Crippen molar-refractivity contribution in [2.75, 3.05) is 6.54 Å². The van der Waals surface area contributed by atoms with Crippen LogP contribution >= 0.6 is 11.8 Å². The molecule has 3 nitrogen and oxygen atoms in total. The van der Waals surface area contributed by atoms with Gasteiger partial charge in [-0.05, 0) is 30.9 Å². The maximum atomic E-state index is 12.4. The van der Waals surface area contributed by atoms with Crippen LogP contribution in [-0.2, 0) is 0 Å². The number of benzene rings is 1. The third-order valence-corrected chi connectivity index (χ3v) is 4.15. The Hall–Kier alpha value is -1.00. The minimum Gasteiger partial charge on any atom is -0.393 e. The van der Waals surface area contributed by atoms with E-state index in [9.17, 15) is 9.90 Å². The molecule has 1 rings (SSSR count). The highest BCUT2D eigenvalue weighted by Crippen LogP contribution is 2.27. The monoisotopic (exact) mass is 309 g/mol. The van der Waals surface area contributed by atoms with Crippen LogP contribution in [0.3, 0.4) is 0 Å². The number of hydrogen-bond donors (Lipinski definition) is 2. The summed E-state index contributed by atoms with van der Waals surface area (Å²) in [5.41, 5.74) is 0.605. The van der Waals surface area contributed by atoms with Crippen molar-refractivity contribution in [3.05, 3.63) is 29.8 Å². The van der Waals surface area contributed by atoms with Crippen molar-refractivity contribution in [3.63, 3.8) is 0 Å². The van der Waals surface area contributed by atoms with Gasteiger partial charge in [0.15, 0.2) is 0 Å². The zero-order valence-corrected chi connectivity index (χ0v) is 14.5. The van der Waals surface area contributed by atoms with Crippen molar-refractivity contribution in [2.24, 2.45) is 5.41 Å². The molecule has 0 spiro atoms. The molecular formula is C17H27NO2S. The molecule has 118 valence electrons. The van der Waals surface area contributed by atoms with Gasteiger partial charge in [0.25, 0.3) is 5.91 Å². The quantitative estimate of drug-likeness (QED) is 0.755. The first kappa shape index (κ1) is 18.1. The Labute approximate surface area is 132 Å². The van der Waals surface area contributed by atoms with E-state index >= 15 is 0 Å². The van der Waals surface area contributed by atoms with E-state index in [1.165, 1.54) is 0 Å².